The van der Waals surface area contributed by atoms with Crippen molar-refractivity contribution in [2.75, 3.05) is 6.61 Å². The van der Waals surface area contributed by atoms with E-state index in [1.165, 1.54) is 0 Å². The summed E-state index contributed by atoms with van der Waals surface area (Å²) >= 11 is 0. The first kappa shape index (κ1) is 17.6. The lowest BCUT2D eigenvalue weighted by molar-refractivity contribution is -0.247. The first-order valence-corrected chi connectivity index (χ1v) is 9.64. The molecule has 1 aliphatic heterocycles. The number of hydrogen-bond acceptors (Lipinski definition) is 5. The number of fused-ring (bicyclic) bond motifs is 5. The molecule has 140 valence electrons. The van der Waals surface area contributed by atoms with Crippen LogP contribution in [-0.4, -0.2) is 46.2 Å². The Hall–Kier alpha value is -0.780. The van der Waals surface area contributed by atoms with Crippen molar-refractivity contribution in [3.05, 3.63) is 0 Å². The van der Waals surface area contributed by atoms with E-state index in [1.807, 2.05) is 20.8 Å². The predicted octanol–water partition coefficient (Wildman–Crippen LogP) is 1.73. The first-order valence-electron chi connectivity index (χ1n) is 9.64. The summed E-state index contributed by atoms with van der Waals surface area (Å²) in [5, 5.41) is 22.4. The Bertz CT molecular complexity index is 628. The molecule has 0 aromatic carbocycles. The van der Waals surface area contributed by atoms with Crippen LogP contribution in [0.3, 0.4) is 0 Å². The molecule has 0 aromatic rings. The summed E-state index contributed by atoms with van der Waals surface area (Å²) in [5.41, 5.74) is -2.76. The van der Waals surface area contributed by atoms with Crippen LogP contribution in [0.15, 0.2) is 0 Å². The number of ether oxygens (including phenoxy) is 1. The summed E-state index contributed by atoms with van der Waals surface area (Å²) in [4.78, 5) is 26.6. The maximum Gasteiger partial charge on any atom is 0.207 e. The van der Waals surface area contributed by atoms with Gasteiger partial charge in [0.25, 0.3) is 0 Å². The second kappa shape index (κ2) is 5.14. The van der Waals surface area contributed by atoms with Gasteiger partial charge in [-0.3, -0.25) is 9.59 Å². The molecule has 0 aromatic heterocycles. The molecule has 0 radical (unpaired) electrons. The fraction of sp³-hybridized carbons (Fsp3) is 0.900. The highest BCUT2D eigenvalue weighted by atomic mass is 16.5. The standard InChI is InChI=1S/C20H30O5/c1-10-5-6-20(24)8-12-11-9-25-13(11)7-14(21)19(12,4)17(23)16(22)15(10)18(20,2)3/h10-15,21,24H,5-9H2,1-4H3. The zero-order valence-electron chi connectivity index (χ0n) is 15.6. The largest absolute Gasteiger partial charge is 0.392 e. The van der Waals surface area contributed by atoms with Crippen molar-refractivity contribution in [1.29, 1.82) is 0 Å². The number of hydrogen-bond donors (Lipinski definition) is 2. The van der Waals surface area contributed by atoms with Gasteiger partial charge in [0, 0.05) is 23.7 Å². The SMILES string of the molecule is CC1CCC2(O)CC3C4COC4CC(O)C3(C)C(=O)C(=O)C1C2(C)C. The fourth-order valence-corrected chi connectivity index (χ4v) is 6.48. The topological polar surface area (TPSA) is 83.8 Å². The fourth-order valence-electron chi connectivity index (χ4n) is 6.48. The van der Waals surface area contributed by atoms with Crippen molar-refractivity contribution in [3.63, 3.8) is 0 Å². The third-order valence-electron chi connectivity index (χ3n) is 8.53. The Morgan fingerprint density at radius 1 is 1.20 bits per heavy atom. The Labute approximate surface area is 149 Å². The lowest BCUT2D eigenvalue weighted by atomic mass is 9.45. The molecule has 0 spiro atoms. The van der Waals surface area contributed by atoms with E-state index in [0.717, 1.165) is 6.42 Å². The van der Waals surface area contributed by atoms with Crippen LogP contribution in [0.2, 0.25) is 0 Å². The van der Waals surface area contributed by atoms with Crippen LogP contribution >= 0.6 is 0 Å². The lowest BCUT2D eigenvalue weighted by Gasteiger charge is -2.62. The summed E-state index contributed by atoms with van der Waals surface area (Å²) in [6.07, 6.45) is 1.30. The van der Waals surface area contributed by atoms with Crippen molar-refractivity contribution in [2.45, 2.75) is 71.2 Å². The van der Waals surface area contributed by atoms with Gasteiger partial charge < -0.3 is 14.9 Å². The van der Waals surface area contributed by atoms with Crippen LogP contribution in [0.25, 0.3) is 0 Å². The van der Waals surface area contributed by atoms with Gasteiger partial charge in [0.1, 0.15) is 0 Å². The second-order valence-corrected chi connectivity index (χ2v) is 9.82. The minimum absolute atomic E-state index is 0.0552. The van der Waals surface area contributed by atoms with Crippen LogP contribution < -0.4 is 0 Å². The van der Waals surface area contributed by atoms with Crippen molar-refractivity contribution in [3.8, 4) is 0 Å². The smallest absolute Gasteiger partial charge is 0.207 e. The highest BCUT2D eigenvalue weighted by Crippen LogP contribution is 2.61. The number of ketones is 2. The molecule has 1 heterocycles. The van der Waals surface area contributed by atoms with E-state index >= 15 is 0 Å². The second-order valence-electron chi connectivity index (χ2n) is 9.82. The molecule has 5 heteroatoms. The maximum absolute atomic E-state index is 13.3. The number of aliphatic hydroxyl groups is 2. The van der Waals surface area contributed by atoms with Gasteiger partial charge in [-0.1, -0.05) is 20.8 Å². The van der Waals surface area contributed by atoms with E-state index in [2.05, 4.69) is 0 Å². The average molecular weight is 350 g/mol. The molecule has 5 nitrogen and oxygen atoms in total. The Morgan fingerprint density at radius 3 is 2.48 bits per heavy atom. The molecule has 4 fully saturated rings. The normalized spacial score (nSPS) is 54.6. The molecule has 8 atom stereocenters. The summed E-state index contributed by atoms with van der Waals surface area (Å²) in [6.45, 7) is 8.19. The Balaban J connectivity index is 1.87. The Morgan fingerprint density at radius 2 is 1.88 bits per heavy atom. The molecule has 3 aliphatic carbocycles. The third kappa shape index (κ3) is 2.00. The van der Waals surface area contributed by atoms with Gasteiger partial charge in [-0.15, -0.1) is 0 Å². The highest BCUT2D eigenvalue weighted by Gasteiger charge is 2.67. The molecule has 4 aliphatic rings. The van der Waals surface area contributed by atoms with E-state index in [4.69, 9.17) is 4.74 Å². The summed E-state index contributed by atoms with van der Waals surface area (Å²) in [5.74, 6) is -1.32. The van der Waals surface area contributed by atoms with E-state index < -0.39 is 34.2 Å². The minimum Gasteiger partial charge on any atom is -0.392 e. The van der Waals surface area contributed by atoms with Gasteiger partial charge in [-0.2, -0.15) is 0 Å². The zero-order chi connectivity index (χ0) is 18.4. The van der Waals surface area contributed by atoms with Crippen LogP contribution in [-0.2, 0) is 14.3 Å². The Kier molecular flexibility index (Phi) is 3.62. The van der Waals surface area contributed by atoms with Gasteiger partial charge in [-0.05, 0) is 38.0 Å². The van der Waals surface area contributed by atoms with Gasteiger partial charge >= 0.3 is 0 Å². The maximum atomic E-state index is 13.3. The van der Waals surface area contributed by atoms with Crippen molar-refractivity contribution >= 4 is 11.6 Å². The number of carbonyl (C=O) groups excluding carboxylic acids is 2. The number of carbonyl (C=O) groups is 2. The molecule has 1 saturated heterocycles. The molecule has 8 unspecified atom stereocenters. The summed E-state index contributed by atoms with van der Waals surface area (Å²) in [6, 6.07) is 0. The molecule has 4 rings (SSSR count). The van der Waals surface area contributed by atoms with Gasteiger partial charge in [-0.25, -0.2) is 0 Å². The number of Topliss-reactive ketones (excluding diaryl/α,β-unsaturated/α-hetero) is 2. The number of aliphatic hydroxyl groups excluding tert-OH is 1. The van der Waals surface area contributed by atoms with Gasteiger partial charge in [0.15, 0.2) is 0 Å². The first-order chi connectivity index (χ1) is 11.5. The van der Waals surface area contributed by atoms with Gasteiger partial charge in [0.2, 0.25) is 11.6 Å². The average Bonchev–Trinajstić information content (AvgIpc) is 2.51. The quantitative estimate of drug-likeness (QED) is 0.650. The van der Waals surface area contributed by atoms with E-state index in [-0.39, 0.29) is 29.6 Å². The third-order valence-corrected chi connectivity index (χ3v) is 8.53. The van der Waals surface area contributed by atoms with Crippen LogP contribution in [0.5, 0.6) is 0 Å². The monoisotopic (exact) mass is 350 g/mol. The molecule has 2 bridgehead atoms. The molecular weight excluding hydrogens is 320 g/mol. The van der Waals surface area contributed by atoms with Crippen LogP contribution in [0.4, 0.5) is 0 Å². The van der Waals surface area contributed by atoms with Crippen molar-refractivity contribution < 1.29 is 24.5 Å². The number of rotatable bonds is 0. The molecule has 3 saturated carbocycles. The molecule has 25 heavy (non-hydrogen) atoms. The van der Waals surface area contributed by atoms with Gasteiger partial charge in [0.05, 0.1) is 29.8 Å². The van der Waals surface area contributed by atoms with Crippen LogP contribution in [0, 0.1) is 34.5 Å². The highest BCUT2D eigenvalue weighted by molar-refractivity contribution is 6.40. The molecule has 0 amide bonds. The van der Waals surface area contributed by atoms with E-state index in [9.17, 15) is 19.8 Å². The zero-order valence-corrected chi connectivity index (χ0v) is 15.6. The lowest BCUT2D eigenvalue weighted by Crippen LogP contribution is -2.69. The van der Waals surface area contributed by atoms with E-state index in [1.54, 1.807) is 6.92 Å². The van der Waals surface area contributed by atoms with E-state index in [0.29, 0.717) is 25.9 Å². The molecular formula is C20H30O5. The van der Waals surface area contributed by atoms with Crippen molar-refractivity contribution in [2.24, 2.45) is 34.5 Å². The molecule has 2 N–H and O–H groups in total. The van der Waals surface area contributed by atoms with Crippen molar-refractivity contribution in [1.82, 2.24) is 0 Å². The summed E-state index contributed by atoms with van der Waals surface area (Å²) < 4.78 is 5.60. The summed E-state index contributed by atoms with van der Waals surface area (Å²) in [7, 11) is 0. The van der Waals surface area contributed by atoms with Crippen LogP contribution in [0.1, 0.15) is 53.4 Å². The predicted molar refractivity (Wildman–Crippen MR) is 90.7 cm³/mol. The minimum atomic E-state index is -1.11.